The van der Waals surface area contributed by atoms with E-state index in [1.54, 1.807) is 6.07 Å². The van der Waals surface area contributed by atoms with Crippen LogP contribution in [0.25, 0.3) is 27.6 Å². The SMILES string of the molecule is CCCc1nc2ccc(F)cc2c2nc3ccccc3n12. The first-order chi connectivity index (χ1) is 10.3. The summed E-state index contributed by atoms with van der Waals surface area (Å²) in [5.41, 5.74) is 3.51. The minimum Gasteiger partial charge on any atom is -0.280 e. The largest absolute Gasteiger partial charge is 0.280 e. The van der Waals surface area contributed by atoms with Crippen LogP contribution in [0.4, 0.5) is 4.39 Å². The highest BCUT2D eigenvalue weighted by atomic mass is 19.1. The Balaban J connectivity index is 2.25. The first-order valence-corrected chi connectivity index (χ1v) is 7.13. The molecule has 0 N–H and O–H groups in total. The van der Waals surface area contributed by atoms with Crippen LogP contribution in [-0.2, 0) is 6.42 Å². The van der Waals surface area contributed by atoms with Gasteiger partial charge in [-0.25, -0.2) is 14.4 Å². The number of aryl methyl sites for hydroxylation is 1. The van der Waals surface area contributed by atoms with Crippen molar-refractivity contribution < 1.29 is 4.39 Å². The van der Waals surface area contributed by atoms with Gasteiger partial charge in [0, 0.05) is 11.8 Å². The molecule has 4 aromatic rings. The molecule has 0 amide bonds. The zero-order chi connectivity index (χ0) is 14.4. The van der Waals surface area contributed by atoms with Crippen LogP contribution in [0.2, 0.25) is 0 Å². The number of nitrogens with zero attached hydrogens (tertiary/aromatic N) is 3. The second-order valence-electron chi connectivity index (χ2n) is 5.20. The third kappa shape index (κ3) is 1.79. The average Bonchev–Trinajstić information content (AvgIpc) is 2.88. The number of imidazole rings is 1. The Hall–Kier alpha value is -2.49. The summed E-state index contributed by atoms with van der Waals surface area (Å²) >= 11 is 0. The van der Waals surface area contributed by atoms with Crippen molar-refractivity contribution in [2.45, 2.75) is 19.8 Å². The molecule has 0 spiro atoms. The quantitative estimate of drug-likeness (QED) is 0.552. The van der Waals surface area contributed by atoms with E-state index in [-0.39, 0.29) is 5.82 Å². The Morgan fingerprint density at radius 2 is 1.90 bits per heavy atom. The topological polar surface area (TPSA) is 30.2 Å². The van der Waals surface area contributed by atoms with Crippen LogP contribution >= 0.6 is 0 Å². The highest BCUT2D eigenvalue weighted by Gasteiger charge is 2.13. The van der Waals surface area contributed by atoms with Crippen molar-refractivity contribution >= 4 is 27.6 Å². The molecule has 3 nitrogen and oxygen atoms in total. The zero-order valence-electron chi connectivity index (χ0n) is 11.7. The summed E-state index contributed by atoms with van der Waals surface area (Å²) in [7, 11) is 0. The lowest BCUT2D eigenvalue weighted by Gasteiger charge is -2.07. The molecular weight excluding hydrogens is 265 g/mol. The van der Waals surface area contributed by atoms with Crippen molar-refractivity contribution in [3.8, 4) is 0 Å². The van der Waals surface area contributed by atoms with Crippen molar-refractivity contribution in [1.29, 1.82) is 0 Å². The monoisotopic (exact) mass is 279 g/mol. The van der Waals surface area contributed by atoms with Gasteiger partial charge in [-0.05, 0) is 36.8 Å². The van der Waals surface area contributed by atoms with Gasteiger partial charge in [0.1, 0.15) is 17.3 Å². The van der Waals surface area contributed by atoms with E-state index in [1.807, 2.05) is 24.3 Å². The minimum atomic E-state index is -0.263. The maximum atomic E-state index is 13.6. The van der Waals surface area contributed by atoms with Gasteiger partial charge in [-0.15, -0.1) is 0 Å². The Kier molecular flexibility index (Phi) is 2.64. The number of hydrogen-bond donors (Lipinski definition) is 0. The molecule has 4 rings (SSSR count). The van der Waals surface area contributed by atoms with E-state index in [9.17, 15) is 4.39 Å². The fourth-order valence-electron chi connectivity index (χ4n) is 2.83. The number of rotatable bonds is 2. The highest BCUT2D eigenvalue weighted by molar-refractivity contribution is 5.96. The van der Waals surface area contributed by atoms with Crippen LogP contribution in [-0.4, -0.2) is 14.4 Å². The second kappa shape index (κ2) is 4.52. The smallest absolute Gasteiger partial charge is 0.148 e. The van der Waals surface area contributed by atoms with Crippen LogP contribution in [0.5, 0.6) is 0 Å². The lowest BCUT2D eigenvalue weighted by molar-refractivity contribution is 0.629. The Bertz CT molecular complexity index is 972. The third-order valence-corrected chi connectivity index (χ3v) is 3.74. The molecule has 0 radical (unpaired) electrons. The van der Waals surface area contributed by atoms with Gasteiger partial charge in [0.05, 0.1) is 16.6 Å². The molecule has 21 heavy (non-hydrogen) atoms. The number of benzene rings is 2. The second-order valence-corrected chi connectivity index (χ2v) is 5.20. The Labute approximate surface area is 121 Å². The lowest BCUT2D eigenvalue weighted by atomic mass is 10.2. The maximum Gasteiger partial charge on any atom is 0.148 e. The van der Waals surface area contributed by atoms with E-state index in [2.05, 4.69) is 16.3 Å². The van der Waals surface area contributed by atoms with E-state index >= 15 is 0 Å². The van der Waals surface area contributed by atoms with Crippen LogP contribution in [0.15, 0.2) is 42.5 Å². The van der Waals surface area contributed by atoms with Gasteiger partial charge < -0.3 is 0 Å². The number of halogens is 1. The zero-order valence-corrected chi connectivity index (χ0v) is 11.7. The van der Waals surface area contributed by atoms with Crippen LogP contribution < -0.4 is 0 Å². The van der Waals surface area contributed by atoms with E-state index in [0.717, 1.165) is 46.2 Å². The van der Waals surface area contributed by atoms with Crippen molar-refractivity contribution in [3.63, 3.8) is 0 Å². The first kappa shape index (κ1) is 12.3. The maximum absolute atomic E-state index is 13.6. The molecular formula is C17H14FN3. The molecule has 0 aliphatic rings. The number of fused-ring (bicyclic) bond motifs is 5. The fourth-order valence-corrected chi connectivity index (χ4v) is 2.83. The van der Waals surface area contributed by atoms with Crippen molar-refractivity contribution in [2.75, 3.05) is 0 Å². The summed E-state index contributed by atoms with van der Waals surface area (Å²) in [6.45, 7) is 2.13. The van der Waals surface area contributed by atoms with E-state index < -0.39 is 0 Å². The molecule has 0 saturated heterocycles. The van der Waals surface area contributed by atoms with E-state index in [1.165, 1.54) is 12.1 Å². The normalized spacial score (nSPS) is 11.7. The molecule has 2 aromatic carbocycles. The molecule has 2 aromatic heterocycles. The molecule has 0 fully saturated rings. The average molecular weight is 279 g/mol. The predicted octanol–water partition coefficient (Wildman–Crippen LogP) is 4.13. The van der Waals surface area contributed by atoms with Gasteiger partial charge >= 0.3 is 0 Å². The molecule has 2 heterocycles. The van der Waals surface area contributed by atoms with Gasteiger partial charge in [0.25, 0.3) is 0 Å². The fraction of sp³-hybridized carbons (Fsp3) is 0.176. The van der Waals surface area contributed by atoms with Crippen LogP contribution in [0.3, 0.4) is 0 Å². The van der Waals surface area contributed by atoms with Gasteiger partial charge in [0.2, 0.25) is 0 Å². The molecule has 0 aliphatic carbocycles. The van der Waals surface area contributed by atoms with Gasteiger partial charge in [-0.3, -0.25) is 4.40 Å². The summed E-state index contributed by atoms with van der Waals surface area (Å²) in [4.78, 5) is 9.40. The molecule has 0 bridgehead atoms. The standard InChI is InChI=1S/C17H14FN3/c1-2-5-16-19-13-9-8-11(18)10-12(13)17-20-14-6-3-4-7-15(14)21(16)17/h3-4,6-10H,2,5H2,1H3. The molecule has 0 unspecified atom stereocenters. The summed E-state index contributed by atoms with van der Waals surface area (Å²) in [5.74, 6) is 0.710. The Morgan fingerprint density at radius 3 is 2.76 bits per heavy atom. The summed E-state index contributed by atoms with van der Waals surface area (Å²) < 4.78 is 15.7. The van der Waals surface area contributed by atoms with Gasteiger partial charge in [0.15, 0.2) is 0 Å². The van der Waals surface area contributed by atoms with Crippen molar-refractivity contribution in [1.82, 2.24) is 14.4 Å². The van der Waals surface area contributed by atoms with Crippen LogP contribution in [0, 0.1) is 5.82 Å². The van der Waals surface area contributed by atoms with Crippen LogP contribution in [0.1, 0.15) is 19.2 Å². The van der Waals surface area contributed by atoms with E-state index in [4.69, 9.17) is 4.98 Å². The lowest BCUT2D eigenvalue weighted by Crippen LogP contribution is -2.02. The van der Waals surface area contributed by atoms with Gasteiger partial charge in [-0.2, -0.15) is 0 Å². The highest BCUT2D eigenvalue weighted by Crippen LogP contribution is 2.25. The summed E-state index contributed by atoms with van der Waals surface area (Å²) in [6, 6.07) is 12.6. The number of hydrogen-bond acceptors (Lipinski definition) is 2. The summed E-state index contributed by atoms with van der Waals surface area (Å²) in [6.07, 6.45) is 1.87. The number of para-hydroxylation sites is 2. The molecule has 4 heteroatoms. The molecule has 0 saturated carbocycles. The van der Waals surface area contributed by atoms with Gasteiger partial charge in [-0.1, -0.05) is 19.1 Å². The number of aromatic nitrogens is 3. The third-order valence-electron chi connectivity index (χ3n) is 3.74. The minimum absolute atomic E-state index is 0.263. The van der Waals surface area contributed by atoms with E-state index in [0.29, 0.717) is 0 Å². The Morgan fingerprint density at radius 1 is 1.05 bits per heavy atom. The molecule has 0 atom stereocenters. The molecule has 104 valence electrons. The first-order valence-electron chi connectivity index (χ1n) is 7.13. The van der Waals surface area contributed by atoms with Crippen molar-refractivity contribution in [3.05, 3.63) is 54.1 Å². The van der Waals surface area contributed by atoms with Crippen molar-refractivity contribution in [2.24, 2.45) is 0 Å². The predicted molar refractivity (Wildman–Crippen MR) is 82.0 cm³/mol. The summed E-state index contributed by atoms with van der Waals surface area (Å²) in [5, 5.41) is 0.756. The molecule has 0 aliphatic heterocycles.